The van der Waals surface area contributed by atoms with Crippen LogP contribution < -0.4 is 16.0 Å². The van der Waals surface area contributed by atoms with Gasteiger partial charge in [-0.15, -0.1) is 0 Å². The zero-order valence-electron chi connectivity index (χ0n) is 11.4. The number of carbonyl (C=O) groups is 3. The Morgan fingerprint density at radius 2 is 1.95 bits per heavy atom. The molecule has 0 radical (unpaired) electrons. The van der Waals surface area contributed by atoms with Crippen molar-refractivity contribution in [3.8, 4) is 0 Å². The van der Waals surface area contributed by atoms with Crippen LogP contribution in [0.3, 0.4) is 0 Å². The van der Waals surface area contributed by atoms with Crippen LogP contribution in [0, 0.1) is 5.82 Å². The summed E-state index contributed by atoms with van der Waals surface area (Å²) in [5.41, 5.74) is -0.381. The molecule has 8 heteroatoms. The van der Waals surface area contributed by atoms with Crippen molar-refractivity contribution in [3.05, 3.63) is 29.6 Å². The predicted molar refractivity (Wildman–Crippen MR) is 73.7 cm³/mol. The molecule has 1 rings (SSSR count). The third kappa shape index (κ3) is 5.47. The molecule has 4 N–H and O–H groups in total. The molecule has 1 aromatic carbocycles. The van der Waals surface area contributed by atoms with Gasteiger partial charge < -0.3 is 21.1 Å². The van der Waals surface area contributed by atoms with Gasteiger partial charge in [0.2, 0.25) is 5.91 Å². The summed E-state index contributed by atoms with van der Waals surface area (Å²) < 4.78 is 13.0. The minimum absolute atomic E-state index is 0.0283. The highest BCUT2D eigenvalue weighted by molar-refractivity contribution is 6.00. The minimum atomic E-state index is -1.35. The van der Waals surface area contributed by atoms with Crippen LogP contribution in [0.25, 0.3) is 0 Å². The quantitative estimate of drug-likeness (QED) is 0.632. The van der Waals surface area contributed by atoms with E-state index in [9.17, 15) is 18.8 Å². The molecule has 0 aromatic heterocycles. The van der Waals surface area contributed by atoms with Gasteiger partial charge in [-0.1, -0.05) is 0 Å². The monoisotopic (exact) mass is 297 g/mol. The smallest absolute Gasteiger partial charge is 0.337 e. The van der Waals surface area contributed by atoms with Crippen LogP contribution in [0.2, 0.25) is 0 Å². The first-order valence-electron chi connectivity index (χ1n) is 6.28. The SMILES string of the molecule is CCNC(=O)CCNC(=O)Nc1ccc(F)cc1C(=O)O. The lowest BCUT2D eigenvalue weighted by Crippen LogP contribution is -2.33. The number of benzene rings is 1. The topological polar surface area (TPSA) is 108 Å². The molecule has 0 saturated heterocycles. The van der Waals surface area contributed by atoms with Gasteiger partial charge in [-0.3, -0.25) is 4.79 Å². The van der Waals surface area contributed by atoms with E-state index in [1.807, 2.05) is 0 Å². The summed E-state index contributed by atoms with van der Waals surface area (Å²) in [6.07, 6.45) is 0.108. The van der Waals surface area contributed by atoms with Crippen molar-refractivity contribution >= 4 is 23.6 Å². The van der Waals surface area contributed by atoms with Crippen LogP contribution in [-0.2, 0) is 4.79 Å². The first kappa shape index (κ1) is 16.4. The van der Waals surface area contributed by atoms with Gasteiger partial charge in [0.05, 0.1) is 11.3 Å². The highest BCUT2D eigenvalue weighted by Gasteiger charge is 2.13. The summed E-state index contributed by atoms with van der Waals surface area (Å²) in [6, 6.07) is 2.33. The third-order valence-electron chi connectivity index (χ3n) is 2.47. The van der Waals surface area contributed by atoms with Crippen molar-refractivity contribution in [3.63, 3.8) is 0 Å². The number of anilines is 1. The molecule has 114 valence electrons. The molecular formula is C13H16FN3O4. The van der Waals surface area contributed by atoms with E-state index in [2.05, 4.69) is 16.0 Å². The second-order valence-electron chi connectivity index (χ2n) is 4.08. The lowest BCUT2D eigenvalue weighted by atomic mass is 10.2. The van der Waals surface area contributed by atoms with Gasteiger partial charge in [0.25, 0.3) is 0 Å². The number of carboxylic acid groups (broad SMARTS) is 1. The molecule has 21 heavy (non-hydrogen) atoms. The molecule has 0 unspecified atom stereocenters. The number of carbonyl (C=O) groups excluding carboxylic acids is 2. The summed E-state index contributed by atoms with van der Waals surface area (Å²) in [6.45, 7) is 2.38. The maximum atomic E-state index is 13.0. The zero-order valence-corrected chi connectivity index (χ0v) is 11.4. The summed E-state index contributed by atoms with van der Waals surface area (Å²) in [7, 11) is 0. The Bertz CT molecular complexity index is 548. The first-order valence-corrected chi connectivity index (χ1v) is 6.28. The van der Waals surface area contributed by atoms with E-state index >= 15 is 0 Å². The lowest BCUT2D eigenvalue weighted by molar-refractivity contribution is -0.120. The molecule has 0 spiro atoms. The molecule has 0 bridgehead atoms. The van der Waals surface area contributed by atoms with Crippen LogP contribution in [0.1, 0.15) is 23.7 Å². The fourth-order valence-electron chi connectivity index (χ4n) is 1.54. The number of carboxylic acids is 1. The molecule has 0 saturated carbocycles. The Labute approximate surface area is 120 Å². The van der Waals surface area contributed by atoms with E-state index in [-0.39, 0.29) is 30.1 Å². The summed E-state index contributed by atoms with van der Waals surface area (Å²) in [5, 5.41) is 16.2. The Morgan fingerprint density at radius 3 is 2.57 bits per heavy atom. The number of hydrogen-bond acceptors (Lipinski definition) is 3. The second-order valence-corrected chi connectivity index (χ2v) is 4.08. The lowest BCUT2D eigenvalue weighted by Gasteiger charge is -2.10. The van der Waals surface area contributed by atoms with Gasteiger partial charge in [0, 0.05) is 19.5 Å². The standard InChI is InChI=1S/C13H16FN3O4/c1-2-15-11(18)5-6-16-13(21)17-10-4-3-8(14)7-9(10)12(19)20/h3-4,7H,2,5-6H2,1H3,(H,15,18)(H,19,20)(H2,16,17,21). The van der Waals surface area contributed by atoms with Crippen molar-refractivity contribution in [1.29, 1.82) is 0 Å². The van der Waals surface area contributed by atoms with Crippen molar-refractivity contribution in [2.24, 2.45) is 0 Å². The molecule has 0 atom stereocenters. The van der Waals surface area contributed by atoms with Crippen LogP contribution in [0.15, 0.2) is 18.2 Å². The largest absolute Gasteiger partial charge is 0.478 e. The fourth-order valence-corrected chi connectivity index (χ4v) is 1.54. The van der Waals surface area contributed by atoms with E-state index in [1.54, 1.807) is 6.92 Å². The average Bonchev–Trinajstić information content (AvgIpc) is 2.41. The fraction of sp³-hybridized carbons (Fsp3) is 0.308. The van der Waals surface area contributed by atoms with Crippen LogP contribution in [0.5, 0.6) is 0 Å². The van der Waals surface area contributed by atoms with E-state index < -0.39 is 17.8 Å². The van der Waals surface area contributed by atoms with Crippen LogP contribution >= 0.6 is 0 Å². The van der Waals surface area contributed by atoms with Crippen molar-refractivity contribution in [2.75, 3.05) is 18.4 Å². The van der Waals surface area contributed by atoms with Crippen LogP contribution in [-0.4, -0.2) is 36.1 Å². The molecule has 3 amide bonds. The second kappa shape index (κ2) is 7.83. The summed E-state index contributed by atoms with van der Waals surface area (Å²) in [4.78, 5) is 33.7. The highest BCUT2D eigenvalue weighted by Crippen LogP contribution is 2.16. The van der Waals surface area contributed by atoms with E-state index in [1.165, 1.54) is 0 Å². The van der Waals surface area contributed by atoms with Crippen molar-refractivity contribution in [2.45, 2.75) is 13.3 Å². The normalized spacial score (nSPS) is 9.81. The van der Waals surface area contributed by atoms with Crippen molar-refractivity contribution < 1.29 is 23.9 Å². The van der Waals surface area contributed by atoms with E-state index in [0.29, 0.717) is 6.54 Å². The number of urea groups is 1. The number of hydrogen-bond donors (Lipinski definition) is 4. The van der Waals surface area contributed by atoms with Gasteiger partial charge in [0.1, 0.15) is 5.82 Å². The average molecular weight is 297 g/mol. The molecule has 0 heterocycles. The molecule has 7 nitrogen and oxygen atoms in total. The van der Waals surface area contributed by atoms with Gasteiger partial charge >= 0.3 is 12.0 Å². The summed E-state index contributed by atoms with van der Waals surface area (Å²) in [5.74, 6) is -2.27. The third-order valence-corrected chi connectivity index (χ3v) is 2.47. The maximum absolute atomic E-state index is 13.0. The van der Waals surface area contributed by atoms with Crippen molar-refractivity contribution in [1.82, 2.24) is 10.6 Å². The molecule has 0 aliphatic rings. The number of aromatic carboxylic acids is 1. The van der Waals surface area contributed by atoms with E-state index in [0.717, 1.165) is 18.2 Å². The molecule has 0 fully saturated rings. The van der Waals surface area contributed by atoms with Gasteiger partial charge in [-0.25, -0.2) is 14.0 Å². The van der Waals surface area contributed by atoms with Crippen LogP contribution in [0.4, 0.5) is 14.9 Å². The molecule has 1 aromatic rings. The zero-order chi connectivity index (χ0) is 15.8. The molecule has 0 aliphatic heterocycles. The molecular weight excluding hydrogens is 281 g/mol. The minimum Gasteiger partial charge on any atom is -0.478 e. The maximum Gasteiger partial charge on any atom is 0.337 e. The Kier molecular flexibility index (Phi) is 6.12. The van der Waals surface area contributed by atoms with E-state index in [4.69, 9.17) is 5.11 Å². The first-order chi connectivity index (χ1) is 9.93. The Morgan fingerprint density at radius 1 is 1.24 bits per heavy atom. The number of amides is 3. The Balaban J connectivity index is 2.55. The van der Waals surface area contributed by atoms with Gasteiger partial charge in [0.15, 0.2) is 0 Å². The summed E-state index contributed by atoms with van der Waals surface area (Å²) >= 11 is 0. The number of halogens is 1. The highest BCUT2D eigenvalue weighted by atomic mass is 19.1. The number of nitrogens with one attached hydrogen (secondary N) is 3. The number of rotatable bonds is 6. The molecule has 0 aliphatic carbocycles. The Hall–Kier alpha value is -2.64. The predicted octanol–water partition coefficient (Wildman–Crippen LogP) is 1.17. The van der Waals surface area contributed by atoms with Gasteiger partial charge in [-0.2, -0.15) is 0 Å². The van der Waals surface area contributed by atoms with Gasteiger partial charge in [-0.05, 0) is 25.1 Å².